The Balaban J connectivity index is 1.01. The van der Waals surface area contributed by atoms with Gasteiger partial charge in [0.15, 0.2) is 0 Å². The Kier molecular flexibility index (Phi) is 8.23. The van der Waals surface area contributed by atoms with Crippen molar-refractivity contribution in [3.05, 3.63) is 224 Å². The van der Waals surface area contributed by atoms with Gasteiger partial charge in [0.05, 0.1) is 11.1 Å². The van der Waals surface area contributed by atoms with Gasteiger partial charge in [0.1, 0.15) is 11.2 Å². The molecule has 0 radical (unpaired) electrons. The third-order valence-electron chi connectivity index (χ3n) is 11.6. The summed E-state index contributed by atoms with van der Waals surface area (Å²) < 4.78 is 6.34. The van der Waals surface area contributed by atoms with E-state index in [0.29, 0.717) is 0 Å². The molecule has 0 unspecified atom stereocenters. The maximum absolute atomic E-state index is 6.34. The second-order valence-corrected chi connectivity index (χ2v) is 15.0. The van der Waals surface area contributed by atoms with Crippen LogP contribution in [0.25, 0.3) is 82.4 Å². The minimum Gasteiger partial charge on any atom is -0.455 e. The van der Waals surface area contributed by atoms with Crippen LogP contribution in [-0.4, -0.2) is 0 Å². The first-order chi connectivity index (χ1) is 28.7. The largest absolute Gasteiger partial charge is 0.455 e. The lowest BCUT2D eigenvalue weighted by Crippen LogP contribution is -2.18. The molecule has 11 rings (SSSR count). The second-order valence-electron chi connectivity index (χ2n) is 15.0. The molecule has 0 saturated carbocycles. The summed E-state index contributed by atoms with van der Waals surface area (Å²) in [5.41, 5.74) is 14.6. The highest BCUT2D eigenvalue weighted by molar-refractivity contribution is 6.05. The van der Waals surface area contributed by atoms with E-state index >= 15 is 0 Å². The van der Waals surface area contributed by atoms with Crippen LogP contribution in [0.5, 0.6) is 0 Å². The Morgan fingerprint density at radius 2 is 1.05 bits per heavy atom. The molecule has 9 aromatic carbocycles. The highest BCUT2D eigenvalue weighted by Crippen LogP contribution is 2.43. The van der Waals surface area contributed by atoms with Crippen LogP contribution in [0.15, 0.2) is 210 Å². The average molecular weight is 740 g/mol. The highest BCUT2D eigenvalue weighted by Gasteiger charge is 2.22. The quantitative estimate of drug-likeness (QED) is 0.162. The van der Waals surface area contributed by atoms with Crippen LogP contribution in [0.3, 0.4) is 0 Å². The zero-order valence-corrected chi connectivity index (χ0v) is 31.8. The zero-order valence-electron chi connectivity index (χ0n) is 31.8. The van der Waals surface area contributed by atoms with Crippen LogP contribution in [0, 0.1) is 12.1 Å². The van der Waals surface area contributed by atoms with E-state index in [1.807, 2.05) is 18.2 Å². The molecule has 10 aromatic rings. The van der Waals surface area contributed by atoms with Crippen molar-refractivity contribution >= 4 is 60.4 Å². The summed E-state index contributed by atoms with van der Waals surface area (Å²) in [5.74, 6) is 0. The summed E-state index contributed by atoms with van der Waals surface area (Å²) in [7, 11) is 0. The van der Waals surface area contributed by atoms with Crippen molar-refractivity contribution in [1.82, 2.24) is 0 Å². The van der Waals surface area contributed by atoms with Gasteiger partial charge in [-0.05, 0) is 110 Å². The molecule has 1 heterocycles. The van der Waals surface area contributed by atoms with Crippen LogP contribution in [-0.2, 0) is 0 Å². The van der Waals surface area contributed by atoms with E-state index in [-0.39, 0.29) is 0 Å². The smallest absolute Gasteiger partial charge is 0.145 e. The molecule has 2 nitrogen and oxygen atoms in total. The van der Waals surface area contributed by atoms with Gasteiger partial charge in [-0.2, -0.15) is 0 Å². The predicted octanol–water partition coefficient (Wildman–Crippen LogP) is 15.4. The lowest BCUT2D eigenvalue weighted by atomic mass is 9.92. The number of nitrogens with zero attached hydrogens (tertiary/aromatic N) is 1. The fraction of sp³-hybridized carbons (Fsp3) is 0.0357. The van der Waals surface area contributed by atoms with Gasteiger partial charge < -0.3 is 9.32 Å². The van der Waals surface area contributed by atoms with Crippen LogP contribution in [0.1, 0.15) is 18.4 Å². The minimum atomic E-state index is 0.810. The highest BCUT2D eigenvalue weighted by atomic mass is 16.3. The van der Waals surface area contributed by atoms with E-state index in [0.717, 1.165) is 57.3 Å². The topological polar surface area (TPSA) is 16.4 Å². The van der Waals surface area contributed by atoms with Gasteiger partial charge in [-0.1, -0.05) is 170 Å². The number of fused-ring (bicyclic) bond motifs is 5. The SMILES string of the molecule is c1c(-c2ccccc2N(C2=CC=C(c3ccc(-c4cccc5ccccc45)cc3)CC2)c2cccc(-c3cccc4ccccc34)c2)cc2oc3ccccc3c2c#1. The predicted molar refractivity (Wildman–Crippen MR) is 243 cm³/mol. The Labute approximate surface area is 338 Å². The van der Waals surface area contributed by atoms with Gasteiger partial charge in [0, 0.05) is 27.9 Å². The van der Waals surface area contributed by atoms with Gasteiger partial charge in [0.25, 0.3) is 0 Å². The number of hydrogen-bond acceptors (Lipinski definition) is 2. The Hall–Kier alpha value is -7.60. The van der Waals surface area contributed by atoms with E-state index in [9.17, 15) is 0 Å². The van der Waals surface area contributed by atoms with E-state index in [1.165, 1.54) is 60.6 Å². The fourth-order valence-electron chi connectivity index (χ4n) is 8.78. The molecule has 0 aliphatic heterocycles. The molecule has 0 bridgehead atoms. The van der Waals surface area contributed by atoms with Crippen molar-refractivity contribution in [2.45, 2.75) is 12.8 Å². The average Bonchev–Trinajstić information content (AvgIpc) is 3.67. The number of benzene rings is 8. The van der Waals surface area contributed by atoms with Crippen molar-refractivity contribution < 1.29 is 4.42 Å². The molecule has 0 N–H and O–H groups in total. The summed E-state index contributed by atoms with van der Waals surface area (Å²) in [4.78, 5) is 2.44. The molecule has 58 heavy (non-hydrogen) atoms. The van der Waals surface area contributed by atoms with Gasteiger partial charge in [-0.15, -0.1) is 0 Å². The first-order valence-corrected chi connectivity index (χ1v) is 20.0. The fourth-order valence-corrected chi connectivity index (χ4v) is 8.78. The van der Waals surface area contributed by atoms with Crippen molar-refractivity contribution in [2.24, 2.45) is 0 Å². The lowest BCUT2D eigenvalue weighted by Gasteiger charge is -2.32. The van der Waals surface area contributed by atoms with Gasteiger partial charge >= 0.3 is 0 Å². The van der Waals surface area contributed by atoms with Gasteiger partial charge in [0.2, 0.25) is 0 Å². The van der Waals surface area contributed by atoms with Crippen molar-refractivity contribution in [3.8, 4) is 33.4 Å². The summed E-state index contributed by atoms with van der Waals surface area (Å²) >= 11 is 0. The number of para-hydroxylation sites is 2. The van der Waals surface area contributed by atoms with E-state index in [2.05, 4.69) is 199 Å². The summed E-state index contributed by atoms with van der Waals surface area (Å²) in [6.07, 6.45) is 6.43. The molecule has 272 valence electrons. The van der Waals surface area contributed by atoms with Crippen molar-refractivity contribution in [2.75, 3.05) is 4.90 Å². The first-order valence-electron chi connectivity index (χ1n) is 20.0. The molecular weight excluding hydrogens is 703 g/mol. The van der Waals surface area contributed by atoms with Crippen LogP contribution in [0.4, 0.5) is 11.4 Å². The molecule has 2 heteroatoms. The van der Waals surface area contributed by atoms with E-state index in [1.54, 1.807) is 0 Å². The normalized spacial score (nSPS) is 12.8. The maximum atomic E-state index is 6.34. The maximum Gasteiger partial charge on any atom is 0.145 e. The molecule has 0 atom stereocenters. The van der Waals surface area contributed by atoms with Gasteiger partial charge in [-0.25, -0.2) is 0 Å². The number of hydrogen-bond donors (Lipinski definition) is 0. The zero-order chi connectivity index (χ0) is 38.4. The third kappa shape index (κ3) is 5.93. The number of rotatable bonds is 7. The summed E-state index contributed by atoms with van der Waals surface area (Å²) in [6.45, 7) is 0. The summed E-state index contributed by atoms with van der Waals surface area (Å²) in [6, 6.07) is 74.3. The molecule has 1 aliphatic carbocycles. The minimum absolute atomic E-state index is 0.810. The second kappa shape index (κ2) is 14.2. The summed E-state index contributed by atoms with van der Waals surface area (Å²) in [5, 5.41) is 7.03. The molecule has 0 spiro atoms. The molecular formula is C56H37NO. The van der Waals surface area contributed by atoms with Crippen LogP contribution in [0.2, 0.25) is 0 Å². The molecule has 1 aromatic heterocycles. The Bertz CT molecular complexity index is 3220. The first kappa shape index (κ1) is 33.7. The van der Waals surface area contributed by atoms with Crippen molar-refractivity contribution in [3.63, 3.8) is 0 Å². The molecule has 1 aliphatic rings. The Morgan fingerprint density at radius 1 is 0.431 bits per heavy atom. The van der Waals surface area contributed by atoms with Gasteiger partial charge in [-0.3, -0.25) is 0 Å². The van der Waals surface area contributed by atoms with E-state index in [4.69, 9.17) is 4.42 Å². The van der Waals surface area contributed by atoms with Crippen LogP contribution < -0.4 is 4.90 Å². The third-order valence-corrected chi connectivity index (χ3v) is 11.6. The number of furan rings is 1. The monoisotopic (exact) mass is 739 g/mol. The number of anilines is 2. The molecule has 0 fully saturated rings. The lowest BCUT2D eigenvalue weighted by molar-refractivity contribution is 0.669. The number of allylic oxidation sites excluding steroid dienone is 4. The standard InChI is InChI=1S/C56H37NO/c1-3-18-47-40(12-1)14-10-22-49(47)42-28-26-38(27-29-42)39-30-33-45(34-31-39)57(46-17-9-16-43(36-46)50-23-11-15-41-13-2-4-19-48(41)50)54-24-7-5-20-51(54)44-32-35-53-52-21-6-8-25-55(52)58-56(53)37-44/h1-30,33,36-37H,31,34H2. The molecule has 0 amide bonds. The van der Waals surface area contributed by atoms with Crippen molar-refractivity contribution in [1.29, 1.82) is 0 Å². The Morgan fingerprint density at radius 3 is 1.81 bits per heavy atom. The van der Waals surface area contributed by atoms with Crippen LogP contribution >= 0.6 is 0 Å². The molecule has 0 saturated heterocycles. The van der Waals surface area contributed by atoms with E-state index < -0.39 is 0 Å².